The summed E-state index contributed by atoms with van der Waals surface area (Å²) in [6.07, 6.45) is 0.590. The van der Waals surface area contributed by atoms with E-state index >= 15 is 0 Å². The van der Waals surface area contributed by atoms with Crippen molar-refractivity contribution < 1.29 is 4.79 Å². The number of carbonyl (C=O) groups is 1. The number of hydrogen-bond donors (Lipinski definition) is 2. The Morgan fingerprint density at radius 2 is 2.13 bits per heavy atom. The second-order valence-corrected chi connectivity index (χ2v) is 3.95. The molecule has 1 aromatic carbocycles. The highest BCUT2D eigenvalue weighted by Crippen LogP contribution is 2.24. The highest BCUT2D eigenvalue weighted by atomic mass is 35.5. The molecule has 0 aliphatic heterocycles. The summed E-state index contributed by atoms with van der Waals surface area (Å²) in [7, 11) is 0. The Kier molecular flexibility index (Phi) is 4.39. The maximum atomic E-state index is 11.4. The summed E-state index contributed by atoms with van der Waals surface area (Å²) in [6.45, 7) is 1.85. The zero-order valence-corrected chi connectivity index (χ0v) is 9.77. The monoisotopic (exact) mass is 246 g/mol. The molecule has 1 aromatic rings. The van der Waals surface area contributed by atoms with Crippen LogP contribution in [0.2, 0.25) is 10.0 Å². The summed E-state index contributed by atoms with van der Waals surface area (Å²) < 4.78 is 0. The minimum Gasteiger partial charge on any atom is -0.325 e. The minimum atomic E-state index is -0.501. The van der Waals surface area contributed by atoms with Gasteiger partial charge in [-0.05, 0) is 24.6 Å². The molecule has 0 saturated heterocycles. The van der Waals surface area contributed by atoms with E-state index in [1.165, 1.54) is 0 Å². The molecule has 5 heteroatoms. The van der Waals surface area contributed by atoms with Gasteiger partial charge < -0.3 is 11.1 Å². The topological polar surface area (TPSA) is 55.1 Å². The average molecular weight is 247 g/mol. The van der Waals surface area contributed by atoms with E-state index < -0.39 is 6.04 Å². The van der Waals surface area contributed by atoms with Crippen LogP contribution in [-0.2, 0) is 4.79 Å². The fraction of sp³-hybridized carbons (Fsp3) is 0.300. The Morgan fingerprint density at radius 1 is 1.47 bits per heavy atom. The zero-order valence-electron chi connectivity index (χ0n) is 8.26. The largest absolute Gasteiger partial charge is 0.325 e. The highest BCUT2D eigenvalue weighted by molar-refractivity contribution is 6.42. The van der Waals surface area contributed by atoms with E-state index in [9.17, 15) is 4.79 Å². The highest BCUT2D eigenvalue weighted by Gasteiger charge is 2.11. The molecule has 0 aliphatic carbocycles. The van der Waals surface area contributed by atoms with Gasteiger partial charge in [0.2, 0.25) is 5.91 Å². The van der Waals surface area contributed by atoms with E-state index in [-0.39, 0.29) is 5.91 Å². The summed E-state index contributed by atoms with van der Waals surface area (Å²) in [4.78, 5) is 11.4. The fourth-order valence-corrected chi connectivity index (χ4v) is 1.29. The van der Waals surface area contributed by atoms with E-state index in [2.05, 4.69) is 5.32 Å². The fourth-order valence-electron chi connectivity index (χ4n) is 0.994. The van der Waals surface area contributed by atoms with Gasteiger partial charge in [-0.3, -0.25) is 4.79 Å². The Balaban J connectivity index is 2.73. The number of amides is 1. The molecule has 0 unspecified atom stereocenters. The SMILES string of the molecule is CC[C@@H](N)C(=O)Nc1ccc(Cl)c(Cl)c1. The predicted octanol–water partition coefficient (Wildman–Crippen LogP) is 2.67. The maximum absolute atomic E-state index is 11.4. The van der Waals surface area contributed by atoms with Crippen LogP contribution < -0.4 is 11.1 Å². The van der Waals surface area contributed by atoms with Crippen molar-refractivity contribution in [3.8, 4) is 0 Å². The lowest BCUT2D eigenvalue weighted by Crippen LogP contribution is -2.34. The van der Waals surface area contributed by atoms with Crippen LogP contribution in [-0.4, -0.2) is 11.9 Å². The van der Waals surface area contributed by atoms with E-state index in [0.29, 0.717) is 22.2 Å². The van der Waals surface area contributed by atoms with Crippen LogP contribution >= 0.6 is 23.2 Å². The molecule has 0 saturated carbocycles. The molecule has 0 heterocycles. The van der Waals surface area contributed by atoms with Crippen molar-refractivity contribution in [2.24, 2.45) is 5.73 Å². The number of nitrogens with one attached hydrogen (secondary N) is 1. The molecule has 0 spiro atoms. The maximum Gasteiger partial charge on any atom is 0.241 e. The molecule has 0 aliphatic rings. The second kappa shape index (κ2) is 5.35. The number of hydrogen-bond acceptors (Lipinski definition) is 2. The lowest BCUT2D eigenvalue weighted by molar-refractivity contribution is -0.117. The lowest BCUT2D eigenvalue weighted by Gasteiger charge is -2.10. The first-order valence-corrected chi connectivity index (χ1v) is 5.31. The van der Waals surface area contributed by atoms with Crippen molar-refractivity contribution in [2.75, 3.05) is 5.32 Å². The van der Waals surface area contributed by atoms with Crippen molar-refractivity contribution in [3.05, 3.63) is 28.2 Å². The smallest absolute Gasteiger partial charge is 0.241 e. The van der Waals surface area contributed by atoms with Gasteiger partial charge in [-0.2, -0.15) is 0 Å². The molecular weight excluding hydrogens is 235 g/mol. The quantitative estimate of drug-likeness (QED) is 0.862. The van der Waals surface area contributed by atoms with Crippen LogP contribution in [0.4, 0.5) is 5.69 Å². The third-order valence-electron chi connectivity index (χ3n) is 1.96. The second-order valence-electron chi connectivity index (χ2n) is 3.13. The van der Waals surface area contributed by atoms with E-state index in [4.69, 9.17) is 28.9 Å². The Labute approximate surface area is 98.5 Å². The van der Waals surface area contributed by atoms with Gasteiger partial charge in [-0.1, -0.05) is 30.1 Å². The Morgan fingerprint density at radius 3 is 2.67 bits per heavy atom. The minimum absolute atomic E-state index is 0.226. The molecule has 0 bridgehead atoms. The summed E-state index contributed by atoms with van der Waals surface area (Å²) in [5.41, 5.74) is 6.16. The van der Waals surface area contributed by atoms with Crippen LogP contribution in [0, 0.1) is 0 Å². The van der Waals surface area contributed by atoms with Crippen molar-refractivity contribution in [2.45, 2.75) is 19.4 Å². The first-order valence-electron chi connectivity index (χ1n) is 4.56. The van der Waals surface area contributed by atoms with Gasteiger partial charge in [-0.25, -0.2) is 0 Å². The molecule has 0 aromatic heterocycles. The molecule has 1 amide bonds. The molecule has 1 atom stereocenters. The van der Waals surface area contributed by atoms with E-state index in [0.717, 1.165) is 0 Å². The molecule has 15 heavy (non-hydrogen) atoms. The van der Waals surface area contributed by atoms with Crippen molar-refractivity contribution in [1.29, 1.82) is 0 Å². The third-order valence-corrected chi connectivity index (χ3v) is 2.70. The first kappa shape index (κ1) is 12.3. The van der Waals surface area contributed by atoms with E-state index in [1.54, 1.807) is 18.2 Å². The number of nitrogens with two attached hydrogens (primary N) is 1. The molecule has 3 N–H and O–H groups in total. The molecule has 82 valence electrons. The molecule has 0 radical (unpaired) electrons. The number of benzene rings is 1. The summed E-state index contributed by atoms with van der Waals surface area (Å²) in [5.74, 6) is -0.226. The number of rotatable bonds is 3. The van der Waals surface area contributed by atoms with Crippen LogP contribution in [0.1, 0.15) is 13.3 Å². The van der Waals surface area contributed by atoms with Gasteiger partial charge in [0, 0.05) is 5.69 Å². The normalized spacial score (nSPS) is 12.3. The van der Waals surface area contributed by atoms with Crippen molar-refractivity contribution in [3.63, 3.8) is 0 Å². The number of carbonyl (C=O) groups excluding carboxylic acids is 1. The van der Waals surface area contributed by atoms with Gasteiger partial charge in [-0.15, -0.1) is 0 Å². The van der Waals surface area contributed by atoms with Crippen LogP contribution in [0.5, 0.6) is 0 Å². The van der Waals surface area contributed by atoms with Crippen molar-refractivity contribution >= 4 is 34.8 Å². The molecule has 0 fully saturated rings. The third kappa shape index (κ3) is 3.38. The van der Waals surface area contributed by atoms with Gasteiger partial charge in [0.1, 0.15) is 0 Å². The van der Waals surface area contributed by atoms with Crippen LogP contribution in [0.15, 0.2) is 18.2 Å². The van der Waals surface area contributed by atoms with Gasteiger partial charge in [0.05, 0.1) is 16.1 Å². The van der Waals surface area contributed by atoms with Gasteiger partial charge in [0.15, 0.2) is 0 Å². The van der Waals surface area contributed by atoms with Crippen LogP contribution in [0.3, 0.4) is 0 Å². The van der Waals surface area contributed by atoms with Gasteiger partial charge >= 0.3 is 0 Å². The lowest BCUT2D eigenvalue weighted by atomic mass is 10.2. The summed E-state index contributed by atoms with van der Waals surface area (Å²) >= 11 is 11.5. The zero-order chi connectivity index (χ0) is 11.4. The summed E-state index contributed by atoms with van der Waals surface area (Å²) in [5, 5.41) is 3.51. The van der Waals surface area contributed by atoms with Gasteiger partial charge in [0.25, 0.3) is 0 Å². The van der Waals surface area contributed by atoms with Crippen LogP contribution in [0.25, 0.3) is 0 Å². The van der Waals surface area contributed by atoms with E-state index in [1.807, 2.05) is 6.92 Å². The Bertz CT molecular complexity index is 368. The molecular formula is C10H12Cl2N2O. The average Bonchev–Trinajstić information content (AvgIpc) is 2.22. The molecule has 1 rings (SSSR count). The number of anilines is 1. The van der Waals surface area contributed by atoms with Crippen molar-refractivity contribution in [1.82, 2.24) is 0 Å². The molecule has 3 nitrogen and oxygen atoms in total. The summed E-state index contributed by atoms with van der Waals surface area (Å²) in [6, 6.07) is 4.38. The Hall–Kier alpha value is -0.770. The first-order chi connectivity index (χ1) is 7.04. The number of halogens is 2. The predicted molar refractivity (Wildman–Crippen MR) is 63.4 cm³/mol. The standard InChI is InChI=1S/C10H12Cl2N2O/c1-2-9(13)10(15)14-6-3-4-7(11)8(12)5-6/h3-5,9H,2,13H2,1H3,(H,14,15)/t9-/m1/s1.